The van der Waals surface area contributed by atoms with E-state index in [9.17, 15) is 14.0 Å². The van der Waals surface area contributed by atoms with E-state index in [1.54, 1.807) is 29.2 Å². The normalized spacial score (nSPS) is 13.5. The van der Waals surface area contributed by atoms with E-state index >= 15 is 0 Å². The van der Waals surface area contributed by atoms with Crippen LogP contribution in [0.15, 0.2) is 59.0 Å². The fourth-order valence-electron chi connectivity index (χ4n) is 3.61. The van der Waals surface area contributed by atoms with Crippen LogP contribution >= 0.6 is 0 Å². The highest BCUT2D eigenvalue weighted by Crippen LogP contribution is 2.38. The summed E-state index contributed by atoms with van der Waals surface area (Å²) in [5.74, 6) is 0.399. The van der Waals surface area contributed by atoms with Crippen molar-refractivity contribution < 1.29 is 23.1 Å². The van der Waals surface area contributed by atoms with Crippen LogP contribution in [0.1, 0.15) is 54.6 Å². The molecule has 0 fully saturated rings. The monoisotopic (exact) mass is 450 g/mol. The van der Waals surface area contributed by atoms with Crippen molar-refractivity contribution in [2.45, 2.75) is 45.7 Å². The van der Waals surface area contributed by atoms with Gasteiger partial charge in [0.2, 0.25) is 0 Å². The number of ether oxygens (including phenoxy) is 1. The van der Waals surface area contributed by atoms with E-state index in [1.807, 2.05) is 18.2 Å². The molecule has 0 bridgehead atoms. The van der Waals surface area contributed by atoms with E-state index in [0.717, 1.165) is 17.5 Å². The van der Waals surface area contributed by atoms with Gasteiger partial charge in [-0.1, -0.05) is 39.0 Å². The first-order valence-electron chi connectivity index (χ1n) is 11.0. The molecule has 2 amide bonds. The maximum absolute atomic E-state index is 13.0. The van der Waals surface area contributed by atoms with Crippen LogP contribution in [0, 0.1) is 5.82 Å². The highest BCUT2D eigenvalue weighted by molar-refractivity contribution is 5.98. The lowest BCUT2D eigenvalue weighted by Gasteiger charge is -2.31. The smallest absolute Gasteiger partial charge is 0.287 e. The summed E-state index contributed by atoms with van der Waals surface area (Å²) >= 11 is 0. The predicted octanol–water partition coefficient (Wildman–Crippen LogP) is 4.96. The molecule has 1 aliphatic rings. The topological polar surface area (TPSA) is 71.8 Å². The number of rotatable bonds is 7. The Balaban J connectivity index is 1.48. The van der Waals surface area contributed by atoms with Crippen LogP contribution in [0.2, 0.25) is 0 Å². The van der Waals surface area contributed by atoms with E-state index in [1.165, 1.54) is 12.1 Å². The number of carbonyl (C=O) groups excluding carboxylic acids is 2. The summed E-state index contributed by atoms with van der Waals surface area (Å²) in [5, 5.41) is 2.75. The molecule has 0 saturated carbocycles. The van der Waals surface area contributed by atoms with Crippen LogP contribution in [0.4, 0.5) is 10.1 Å². The fourth-order valence-corrected chi connectivity index (χ4v) is 3.61. The van der Waals surface area contributed by atoms with Crippen LogP contribution in [-0.4, -0.2) is 18.4 Å². The van der Waals surface area contributed by atoms with Gasteiger partial charge < -0.3 is 14.5 Å². The summed E-state index contributed by atoms with van der Waals surface area (Å²) in [6.07, 6.45) is 0.954. The number of fused-ring (bicyclic) bond motifs is 1. The molecule has 2 heterocycles. The largest absolute Gasteiger partial charge is 0.482 e. The number of amides is 2. The highest BCUT2D eigenvalue weighted by Gasteiger charge is 2.29. The Morgan fingerprint density at radius 3 is 2.61 bits per heavy atom. The first-order valence-corrected chi connectivity index (χ1v) is 11.0. The average Bonchev–Trinajstić information content (AvgIpc) is 3.29. The zero-order chi connectivity index (χ0) is 23.6. The van der Waals surface area contributed by atoms with Gasteiger partial charge in [0.1, 0.15) is 17.3 Å². The van der Waals surface area contributed by atoms with Crippen LogP contribution in [0.5, 0.6) is 5.75 Å². The second-order valence-electron chi connectivity index (χ2n) is 8.76. The molecule has 33 heavy (non-hydrogen) atoms. The summed E-state index contributed by atoms with van der Waals surface area (Å²) in [6.45, 7) is 6.85. The van der Waals surface area contributed by atoms with Gasteiger partial charge in [0.05, 0.1) is 12.2 Å². The molecule has 0 spiro atoms. The summed E-state index contributed by atoms with van der Waals surface area (Å²) in [7, 11) is 0. The van der Waals surface area contributed by atoms with Crippen molar-refractivity contribution in [2.24, 2.45) is 0 Å². The van der Waals surface area contributed by atoms with Gasteiger partial charge in [-0.05, 0) is 59.4 Å². The molecule has 0 saturated heterocycles. The molecule has 172 valence electrons. The summed E-state index contributed by atoms with van der Waals surface area (Å²) in [5.41, 5.74) is 2.55. The minimum atomic E-state index is -0.383. The van der Waals surface area contributed by atoms with Gasteiger partial charge in [-0.15, -0.1) is 0 Å². The maximum Gasteiger partial charge on any atom is 0.287 e. The van der Waals surface area contributed by atoms with Crippen molar-refractivity contribution in [1.29, 1.82) is 0 Å². The number of hydrogen-bond acceptors (Lipinski definition) is 4. The second kappa shape index (κ2) is 9.10. The molecule has 1 N–H and O–H groups in total. The first-order chi connectivity index (χ1) is 15.8. The number of furan rings is 1. The van der Waals surface area contributed by atoms with Crippen molar-refractivity contribution >= 4 is 17.5 Å². The van der Waals surface area contributed by atoms with Crippen molar-refractivity contribution in [3.05, 3.63) is 83.1 Å². The highest BCUT2D eigenvalue weighted by atomic mass is 19.1. The van der Waals surface area contributed by atoms with Crippen molar-refractivity contribution in [2.75, 3.05) is 11.5 Å². The molecule has 0 radical (unpaired) electrons. The quantitative estimate of drug-likeness (QED) is 0.552. The molecule has 6 nitrogen and oxygen atoms in total. The summed E-state index contributed by atoms with van der Waals surface area (Å²) in [4.78, 5) is 26.8. The summed E-state index contributed by atoms with van der Waals surface area (Å²) in [6, 6.07) is 15.1. The molecule has 3 aromatic rings. The summed E-state index contributed by atoms with van der Waals surface area (Å²) < 4.78 is 24.4. The molecular weight excluding hydrogens is 423 g/mol. The molecule has 4 rings (SSSR count). The third-order valence-corrected chi connectivity index (χ3v) is 6.13. The molecule has 0 unspecified atom stereocenters. The zero-order valence-corrected chi connectivity index (χ0v) is 19.0. The number of nitrogens with one attached hydrogen (secondary N) is 1. The van der Waals surface area contributed by atoms with Crippen LogP contribution in [0.3, 0.4) is 0 Å². The van der Waals surface area contributed by atoms with E-state index in [0.29, 0.717) is 17.2 Å². The van der Waals surface area contributed by atoms with Crippen LogP contribution < -0.4 is 15.0 Å². The minimum Gasteiger partial charge on any atom is -0.482 e. The van der Waals surface area contributed by atoms with Gasteiger partial charge in [0.25, 0.3) is 11.8 Å². The van der Waals surface area contributed by atoms with Crippen LogP contribution in [-0.2, 0) is 23.3 Å². The Labute approximate surface area is 192 Å². The lowest BCUT2D eigenvalue weighted by Crippen LogP contribution is -2.38. The number of carbonyl (C=O) groups is 2. The average molecular weight is 451 g/mol. The minimum absolute atomic E-state index is 0.0400. The van der Waals surface area contributed by atoms with Gasteiger partial charge in [0.15, 0.2) is 12.4 Å². The Morgan fingerprint density at radius 2 is 1.88 bits per heavy atom. The Kier molecular flexibility index (Phi) is 6.22. The third-order valence-electron chi connectivity index (χ3n) is 6.13. The standard InChI is InChI=1S/C26H27FN2O4/c1-4-26(2,3)18-7-11-22-21(13-18)29(24(30)16-32-22)15-20-10-12-23(33-20)25(31)28-14-17-5-8-19(27)9-6-17/h5-13H,4,14-16H2,1-3H3,(H,28,31). The van der Waals surface area contributed by atoms with Crippen LogP contribution in [0.25, 0.3) is 0 Å². The van der Waals surface area contributed by atoms with Crippen molar-refractivity contribution in [3.8, 4) is 5.75 Å². The zero-order valence-electron chi connectivity index (χ0n) is 19.0. The Morgan fingerprint density at radius 1 is 1.12 bits per heavy atom. The van der Waals surface area contributed by atoms with Crippen molar-refractivity contribution in [1.82, 2.24) is 5.32 Å². The predicted molar refractivity (Wildman–Crippen MR) is 123 cm³/mol. The SMILES string of the molecule is CCC(C)(C)c1ccc2c(c1)N(Cc1ccc(C(=O)NCc3ccc(F)cc3)o1)C(=O)CO2. The van der Waals surface area contributed by atoms with Gasteiger partial charge >= 0.3 is 0 Å². The van der Waals surface area contributed by atoms with Gasteiger partial charge in [-0.2, -0.15) is 0 Å². The van der Waals surface area contributed by atoms with Gasteiger partial charge in [-0.3, -0.25) is 14.5 Å². The van der Waals surface area contributed by atoms with E-state index in [2.05, 4.69) is 26.1 Å². The molecular formula is C26H27FN2O4. The Bertz CT molecular complexity index is 1170. The van der Waals surface area contributed by atoms with Gasteiger partial charge in [-0.25, -0.2) is 4.39 Å². The number of benzene rings is 2. The number of halogens is 1. The fraction of sp³-hybridized carbons (Fsp3) is 0.308. The van der Waals surface area contributed by atoms with Crippen molar-refractivity contribution in [3.63, 3.8) is 0 Å². The van der Waals surface area contributed by atoms with E-state index < -0.39 is 0 Å². The number of anilines is 1. The molecule has 0 atom stereocenters. The second-order valence-corrected chi connectivity index (χ2v) is 8.76. The number of nitrogens with zero attached hydrogens (tertiary/aromatic N) is 1. The Hall–Kier alpha value is -3.61. The number of hydrogen-bond donors (Lipinski definition) is 1. The van der Waals surface area contributed by atoms with E-state index in [4.69, 9.17) is 9.15 Å². The maximum atomic E-state index is 13.0. The molecule has 1 aromatic heterocycles. The lowest BCUT2D eigenvalue weighted by atomic mass is 9.82. The molecule has 7 heteroatoms. The molecule has 1 aliphatic heterocycles. The third kappa shape index (κ3) is 4.92. The van der Waals surface area contributed by atoms with Gasteiger partial charge in [0, 0.05) is 6.54 Å². The molecule has 0 aliphatic carbocycles. The van der Waals surface area contributed by atoms with E-state index in [-0.39, 0.29) is 48.5 Å². The lowest BCUT2D eigenvalue weighted by molar-refractivity contribution is -0.121. The molecule has 2 aromatic carbocycles. The first kappa shape index (κ1) is 22.6.